The molecule has 2 aromatic carbocycles. The van der Waals surface area contributed by atoms with E-state index in [2.05, 4.69) is 34.6 Å². The van der Waals surface area contributed by atoms with E-state index in [1.165, 1.54) is 27.8 Å². The van der Waals surface area contributed by atoms with Gasteiger partial charge in [0.1, 0.15) is 11.4 Å². The zero-order valence-electron chi connectivity index (χ0n) is 19.3. The maximum atomic E-state index is 13.4. The molecule has 0 fully saturated rings. The lowest BCUT2D eigenvalue weighted by molar-refractivity contribution is 0.0566. The average Bonchev–Trinajstić information content (AvgIpc) is 2.70. The second-order valence-corrected chi connectivity index (χ2v) is 11.4. The van der Waals surface area contributed by atoms with Crippen molar-refractivity contribution in [2.75, 3.05) is 0 Å². The fourth-order valence-electron chi connectivity index (χ4n) is 4.47. The summed E-state index contributed by atoms with van der Waals surface area (Å²) in [5, 5.41) is -0.621. The van der Waals surface area contributed by atoms with Gasteiger partial charge in [0.2, 0.25) is 0 Å². The highest BCUT2D eigenvalue weighted by Gasteiger charge is 2.39. The zero-order chi connectivity index (χ0) is 22.3. The lowest BCUT2D eigenvalue weighted by Gasteiger charge is -2.39. The summed E-state index contributed by atoms with van der Waals surface area (Å²) in [5.74, 6) is 0.956. The van der Waals surface area contributed by atoms with E-state index in [1.54, 1.807) is 24.3 Å². The molecule has 3 nitrogen and oxygen atoms in total. The minimum absolute atomic E-state index is 0.366. The molecule has 1 heterocycles. The lowest BCUT2D eigenvalue weighted by Crippen LogP contribution is -2.42. The molecule has 0 radical (unpaired) electrons. The molecule has 3 rings (SSSR count). The second kappa shape index (κ2) is 8.22. The Kier molecular flexibility index (Phi) is 6.20. The minimum Gasteiger partial charge on any atom is -0.487 e. The quantitative estimate of drug-likeness (QED) is 0.534. The summed E-state index contributed by atoms with van der Waals surface area (Å²) in [7, 11) is -3.50. The second-order valence-electron chi connectivity index (χ2n) is 9.20. The minimum atomic E-state index is -3.50. The van der Waals surface area contributed by atoms with E-state index in [0.717, 1.165) is 24.2 Å². The average molecular weight is 427 g/mol. The first-order chi connectivity index (χ1) is 14.0. The molecular weight excluding hydrogens is 392 g/mol. The zero-order valence-corrected chi connectivity index (χ0v) is 20.1. The summed E-state index contributed by atoms with van der Waals surface area (Å²) in [4.78, 5) is 0.366. The molecule has 2 atom stereocenters. The molecule has 0 spiro atoms. The number of hydrogen-bond acceptors (Lipinski definition) is 3. The summed E-state index contributed by atoms with van der Waals surface area (Å²) in [6.45, 7) is 14.5. The van der Waals surface area contributed by atoms with Gasteiger partial charge < -0.3 is 4.74 Å². The third-order valence-corrected chi connectivity index (χ3v) is 8.66. The van der Waals surface area contributed by atoms with E-state index in [0.29, 0.717) is 11.3 Å². The molecule has 1 aliphatic rings. The molecule has 30 heavy (non-hydrogen) atoms. The van der Waals surface area contributed by atoms with Crippen LogP contribution in [0.5, 0.6) is 5.75 Å². The number of rotatable bonds is 5. The van der Waals surface area contributed by atoms with Crippen molar-refractivity contribution in [3.8, 4) is 5.75 Å². The van der Waals surface area contributed by atoms with E-state index >= 15 is 0 Å². The Labute approximate surface area is 182 Å². The van der Waals surface area contributed by atoms with E-state index in [4.69, 9.17) is 4.74 Å². The molecule has 1 aliphatic heterocycles. The SMILES string of the molecule is CC(C)=CC(C[C@]1(C)CCc2c(C)c(C)c(C)c(C)c2O1)S(=O)(=O)c1ccccc1. The van der Waals surface area contributed by atoms with Gasteiger partial charge in [0.25, 0.3) is 0 Å². The third kappa shape index (κ3) is 4.20. The number of ether oxygens (including phenoxy) is 1. The summed E-state index contributed by atoms with van der Waals surface area (Å²) in [6, 6.07) is 8.75. The van der Waals surface area contributed by atoms with Gasteiger partial charge in [-0.1, -0.05) is 29.8 Å². The number of benzene rings is 2. The van der Waals surface area contributed by atoms with E-state index < -0.39 is 20.7 Å². The Hall–Kier alpha value is -2.07. The molecule has 4 heteroatoms. The Morgan fingerprint density at radius 2 is 1.63 bits per heavy atom. The fourth-order valence-corrected chi connectivity index (χ4v) is 6.38. The molecule has 0 saturated carbocycles. The highest BCUT2D eigenvalue weighted by molar-refractivity contribution is 7.92. The van der Waals surface area contributed by atoms with Gasteiger partial charge in [0, 0.05) is 6.42 Å². The number of sulfone groups is 1. The van der Waals surface area contributed by atoms with Crippen molar-refractivity contribution >= 4 is 9.84 Å². The first-order valence-corrected chi connectivity index (χ1v) is 12.2. The number of hydrogen-bond donors (Lipinski definition) is 0. The number of allylic oxidation sites excluding steroid dienone is 1. The van der Waals surface area contributed by atoms with Crippen molar-refractivity contribution < 1.29 is 13.2 Å². The van der Waals surface area contributed by atoms with Crippen LogP contribution in [-0.2, 0) is 16.3 Å². The molecule has 0 N–H and O–H groups in total. The Bertz CT molecular complexity index is 1080. The van der Waals surface area contributed by atoms with Crippen LogP contribution in [0.15, 0.2) is 46.9 Å². The summed E-state index contributed by atoms with van der Waals surface area (Å²) < 4.78 is 33.5. The van der Waals surface area contributed by atoms with E-state index in [9.17, 15) is 8.42 Å². The van der Waals surface area contributed by atoms with Crippen LogP contribution in [0.3, 0.4) is 0 Å². The molecule has 1 unspecified atom stereocenters. The van der Waals surface area contributed by atoms with Gasteiger partial charge in [0.05, 0.1) is 10.1 Å². The summed E-state index contributed by atoms with van der Waals surface area (Å²) >= 11 is 0. The van der Waals surface area contributed by atoms with Crippen LogP contribution in [-0.4, -0.2) is 19.3 Å². The largest absolute Gasteiger partial charge is 0.487 e. The van der Waals surface area contributed by atoms with E-state index in [-0.39, 0.29) is 0 Å². The van der Waals surface area contributed by atoms with Crippen molar-refractivity contribution in [3.05, 3.63) is 69.8 Å². The summed E-state index contributed by atoms with van der Waals surface area (Å²) in [6.07, 6.45) is 4.03. The first-order valence-electron chi connectivity index (χ1n) is 10.7. The molecule has 0 aliphatic carbocycles. The predicted octanol–water partition coefficient (Wildman–Crippen LogP) is 6.20. The smallest absolute Gasteiger partial charge is 0.184 e. The number of fused-ring (bicyclic) bond motifs is 1. The Morgan fingerprint density at radius 3 is 2.23 bits per heavy atom. The van der Waals surface area contributed by atoms with Gasteiger partial charge in [-0.3, -0.25) is 0 Å². The van der Waals surface area contributed by atoms with Gasteiger partial charge in [-0.15, -0.1) is 0 Å². The fraction of sp³-hybridized carbons (Fsp3) is 0.462. The Balaban J connectivity index is 2.00. The van der Waals surface area contributed by atoms with Crippen LogP contribution < -0.4 is 4.74 Å². The van der Waals surface area contributed by atoms with Gasteiger partial charge in [-0.05, 0) is 101 Å². The van der Waals surface area contributed by atoms with Crippen LogP contribution in [0.25, 0.3) is 0 Å². The van der Waals surface area contributed by atoms with Crippen molar-refractivity contribution in [3.63, 3.8) is 0 Å². The predicted molar refractivity (Wildman–Crippen MR) is 124 cm³/mol. The third-order valence-electron chi connectivity index (χ3n) is 6.63. The molecule has 0 saturated heterocycles. The van der Waals surface area contributed by atoms with Gasteiger partial charge in [0.15, 0.2) is 9.84 Å². The topological polar surface area (TPSA) is 43.4 Å². The first kappa shape index (κ1) is 22.6. The van der Waals surface area contributed by atoms with Crippen LogP contribution in [0, 0.1) is 27.7 Å². The van der Waals surface area contributed by atoms with Gasteiger partial charge in [-0.25, -0.2) is 8.42 Å². The van der Waals surface area contributed by atoms with Crippen LogP contribution in [0.2, 0.25) is 0 Å². The van der Waals surface area contributed by atoms with E-state index in [1.807, 2.05) is 26.0 Å². The van der Waals surface area contributed by atoms with Gasteiger partial charge >= 0.3 is 0 Å². The molecular formula is C26H34O3S. The van der Waals surface area contributed by atoms with Crippen LogP contribution in [0.1, 0.15) is 61.4 Å². The normalized spacial score (nSPS) is 19.6. The van der Waals surface area contributed by atoms with Crippen LogP contribution >= 0.6 is 0 Å². The highest BCUT2D eigenvalue weighted by Crippen LogP contribution is 2.43. The molecule has 0 bridgehead atoms. The Morgan fingerprint density at radius 1 is 1.03 bits per heavy atom. The van der Waals surface area contributed by atoms with Crippen molar-refractivity contribution in [1.82, 2.24) is 0 Å². The standard InChI is InChI=1S/C26H34O3S/c1-17(2)15-23(30(27,28)22-11-9-8-10-12-22)16-26(7)14-13-24-20(5)18(3)19(4)21(6)25(24)29-26/h8-12,15,23H,13-14,16H2,1-7H3/t23?,26-/m0/s1. The maximum Gasteiger partial charge on any atom is 0.184 e. The monoisotopic (exact) mass is 426 g/mol. The molecule has 0 aromatic heterocycles. The lowest BCUT2D eigenvalue weighted by atomic mass is 9.83. The van der Waals surface area contributed by atoms with Crippen molar-refractivity contribution in [2.45, 2.75) is 83.5 Å². The summed E-state index contributed by atoms with van der Waals surface area (Å²) in [5.41, 5.74) is 6.79. The van der Waals surface area contributed by atoms with Crippen molar-refractivity contribution in [1.29, 1.82) is 0 Å². The van der Waals surface area contributed by atoms with Gasteiger partial charge in [-0.2, -0.15) is 0 Å². The highest BCUT2D eigenvalue weighted by atomic mass is 32.2. The van der Waals surface area contributed by atoms with Crippen LogP contribution in [0.4, 0.5) is 0 Å². The maximum absolute atomic E-state index is 13.4. The molecule has 2 aromatic rings. The molecule has 0 amide bonds. The molecule has 162 valence electrons. The van der Waals surface area contributed by atoms with Crippen molar-refractivity contribution in [2.24, 2.45) is 0 Å².